The second-order valence-electron chi connectivity index (χ2n) is 9.52. The summed E-state index contributed by atoms with van der Waals surface area (Å²) in [5, 5.41) is 5.13. The standard InChI is InChI=1S/C27H33N3O4S/c31-26(28-20-8-2-3-9-20)25(24-11-7-17-35-24)30(19-21-10-6-16-33-21)27(32)23-13-12-22(34-23)18-29-14-4-1-5-15-29/h6-7,10-13,16-17,20,25H,1-5,8-9,14-15,18-19H2,(H,28,31). The Kier molecular flexibility index (Phi) is 7.69. The Morgan fingerprint density at radius 2 is 1.86 bits per heavy atom. The summed E-state index contributed by atoms with van der Waals surface area (Å²) >= 11 is 1.48. The van der Waals surface area contributed by atoms with E-state index >= 15 is 0 Å². The fraction of sp³-hybridized carbons (Fsp3) is 0.481. The fourth-order valence-corrected chi connectivity index (χ4v) is 5.96. The summed E-state index contributed by atoms with van der Waals surface area (Å²) in [6.07, 6.45) is 9.45. The number of hydrogen-bond donors (Lipinski definition) is 1. The zero-order chi connectivity index (χ0) is 24.0. The minimum absolute atomic E-state index is 0.153. The topological polar surface area (TPSA) is 78.9 Å². The number of amides is 2. The Morgan fingerprint density at radius 1 is 1.03 bits per heavy atom. The lowest BCUT2D eigenvalue weighted by atomic mass is 10.1. The van der Waals surface area contributed by atoms with Crippen LogP contribution in [0.15, 0.2) is 56.9 Å². The first-order valence-electron chi connectivity index (χ1n) is 12.7. The molecule has 2 aliphatic rings. The Labute approximate surface area is 210 Å². The minimum atomic E-state index is -0.760. The molecule has 1 aliphatic heterocycles. The largest absolute Gasteiger partial charge is 0.467 e. The quantitative estimate of drug-likeness (QED) is 0.432. The van der Waals surface area contributed by atoms with Crippen molar-refractivity contribution in [2.24, 2.45) is 0 Å². The predicted octanol–water partition coefficient (Wildman–Crippen LogP) is 5.36. The van der Waals surface area contributed by atoms with Crippen molar-refractivity contribution in [2.45, 2.75) is 70.1 Å². The Morgan fingerprint density at radius 3 is 2.57 bits per heavy atom. The summed E-state index contributed by atoms with van der Waals surface area (Å²) in [5.41, 5.74) is 0. The van der Waals surface area contributed by atoms with Gasteiger partial charge in [0.1, 0.15) is 17.6 Å². The molecule has 7 nitrogen and oxygen atoms in total. The van der Waals surface area contributed by atoms with Crippen LogP contribution in [-0.2, 0) is 17.9 Å². The number of nitrogens with one attached hydrogen (secondary N) is 1. The first kappa shape index (κ1) is 23.9. The third kappa shape index (κ3) is 5.87. The van der Waals surface area contributed by atoms with Gasteiger partial charge in [0.15, 0.2) is 5.76 Å². The second-order valence-corrected chi connectivity index (χ2v) is 10.5. The normalized spacial score (nSPS) is 17.9. The van der Waals surface area contributed by atoms with Gasteiger partial charge in [0.2, 0.25) is 5.91 Å². The smallest absolute Gasteiger partial charge is 0.290 e. The molecule has 1 unspecified atom stereocenters. The van der Waals surface area contributed by atoms with Crippen LogP contribution >= 0.6 is 11.3 Å². The van der Waals surface area contributed by atoms with Gasteiger partial charge in [0.05, 0.1) is 19.4 Å². The summed E-state index contributed by atoms with van der Waals surface area (Å²) in [6.45, 7) is 2.98. The summed E-state index contributed by atoms with van der Waals surface area (Å²) < 4.78 is 11.6. The molecule has 2 fully saturated rings. The van der Waals surface area contributed by atoms with Crippen molar-refractivity contribution in [3.05, 3.63) is 70.2 Å². The van der Waals surface area contributed by atoms with Crippen LogP contribution in [0.3, 0.4) is 0 Å². The molecule has 1 aliphatic carbocycles. The highest BCUT2D eigenvalue weighted by Gasteiger charge is 2.36. The number of hydrogen-bond acceptors (Lipinski definition) is 6. The van der Waals surface area contributed by atoms with Crippen LogP contribution in [0.4, 0.5) is 0 Å². The molecule has 5 rings (SSSR count). The van der Waals surface area contributed by atoms with E-state index in [1.165, 1.54) is 30.6 Å². The molecule has 0 spiro atoms. The molecule has 2 amide bonds. The Bertz CT molecular complexity index is 1080. The lowest BCUT2D eigenvalue weighted by Crippen LogP contribution is -2.45. The molecular weight excluding hydrogens is 462 g/mol. The van der Waals surface area contributed by atoms with E-state index in [1.807, 2.05) is 29.6 Å². The van der Waals surface area contributed by atoms with Gasteiger partial charge in [0, 0.05) is 10.9 Å². The summed E-state index contributed by atoms with van der Waals surface area (Å²) in [4.78, 5) is 32.2. The van der Waals surface area contributed by atoms with Gasteiger partial charge in [-0.15, -0.1) is 11.3 Å². The molecule has 0 radical (unpaired) electrons. The fourth-order valence-electron chi connectivity index (χ4n) is 5.13. The van der Waals surface area contributed by atoms with Crippen molar-refractivity contribution in [3.63, 3.8) is 0 Å². The number of piperidine rings is 1. The molecule has 4 heterocycles. The van der Waals surface area contributed by atoms with Crippen LogP contribution in [0.5, 0.6) is 0 Å². The van der Waals surface area contributed by atoms with Crippen LogP contribution < -0.4 is 5.32 Å². The van der Waals surface area contributed by atoms with E-state index in [9.17, 15) is 9.59 Å². The minimum Gasteiger partial charge on any atom is -0.467 e. The van der Waals surface area contributed by atoms with Crippen LogP contribution in [0.25, 0.3) is 0 Å². The summed E-state index contributed by atoms with van der Waals surface area (Å²) in [5.74, 6) is 1.18. The van der Waals surface area contributed by atoms with E-state index in [-0.39, 0.29) is 30.2 Å². The van der Waals surface area contributed by atoms with Crippen molar-refractivity contribution in [3.8, 4) is 0 Å². The van der Waals surface area contributed by atoms with Crippen molar-refractivity contribution >= 4 is 23.2 Å². The lowest BCUT2D eigenvalue weighted by Gasteiger charge is -2.30. The molecule has 1 atom stereocenters. The van der Waals surface area contributed by atoms with Crippen LogP contribution in [0, 0.1) is 0 Å². The molecule has 0 bridgehead atoms. The highest BCUT2D eigenvalue weighted by Crippen LogP contribution is 2.31. The maximum Gasteiger partial charge on any atom is 0.290 e. The maximum absolute atomic E-state index is 13.9. The average molecular weight is 496 g/mol. The van der Waals surface area contributed by atoms with E-state index in [1.54, 1.807) is 23.3 Å². The number of carbonyl (C=O) groups is 2. The number of likely N-dealkylation sites (tertiary alicyclic amines) is 1. The van der Waals surface area contributed by atoms with Gasteiger partial charge in [0.25, 0.3) is 5.91 Å². The third-order valence-electron chi connectivity index (χ3n) is 6.94. The van der Waals surface area contributed by atoms with Gasteiger partial charge < -0.3 is 19.1 Å². The molecule has 35 heavy (non-hydrogen) atoms. The van der Waals surface area contributed by atoms with Gasteiger partial charge in [-0.25, -0.2) is 0 Å². The molecule has 186 valence electrons. The van der Waals surface area contributed by atoms with Gasteiger partial charge in [-0.2, -0.15) is 0 Å². The zero-order valence-electron chi connectivity index (χ0n) is 20.0. The second kappa shape index (κ2) is 11.3. The highest BCUT2D eigenvalue weighted by atomic mass is 32.1. The first-order valence-corrected chi connectivity index (χ1v) is 13.5. The van der Waals surface area contributed by atoms with Gasteiger partial charge in [-0.1, -0.05) is 25.3 Å². The van der Waals surface area contributed by atoms with E-state index in [0.717, 1.165) is 49.4 Å². The molecular formula is C27H33N3O4S. The molecule has 3 aromatic heterocycles. The van der Waals surface area contributed by atoms with Gasteiger partial charge in [-0.3, -0.25) is 14.5 Å². The SMILES string of the molecule is O=C(NC1CCCC1)C(c1cccs1)N(Cc1ccco1)C(=O)c1ccc(CN2CCCCC2)o1. The number of furan rings is 2. The van der Waals surface area contributed by atoms with Crippen LogP contribution in [-0.4, -0.2) is 40.7 Å². The molecule has 0 aromatic carbocycles. The van der Waals surface area contributed by atoms with E-state index in [4.69, 9.17) is 8.83 Å². The van der Waals surface area contributed by atoms with E-state index < -0.39 is 6.04 Å². The molecule has 1 saturated heterocycles. The van der Waals surface area contributed by atoms with E-state index in [0.29, 0.717) is 12.3 Å². The number of carbonyl (C=O) groups excluding carboxylic acids is 2. The number of thiophene rings is 1. The zero-order valence-corrected chi connectivity index (χ0v) is 20.8. The Hall–Kier alpha value is -2.84. The summed E-state index contributed by atoms with van der Waals surface area (Å²) in [7, 11) is 0. The first-order chi connectivity index (χ1) is 17.2. The van der Waals surface area contributed by atoms with Gasteiger partial charge >= 0.3 is 0 Å². The maximum atomic E-state index is 13.9. The van der Waals surface area contributed by atoms with Crippen molar-refractivity contribution in [1.29, 1.82) is 0 Å². The lowest BCUT2D eigenvalue weighted by molar-refractivity contribution is -0.126. The highest BCUT2D eigenvalue weighted by molar-refractivity contribution is 7.10. The number of rotatable bonds is 9. The van der Waals surface area contributed by atoms with Crippen LogP contribution in [0.2, 0.25) is 0 Å². The Balaban J connectivity index is 1.41. The van der Waals surface area contributed by atoms with Crippen molar-refractivity contribution < 1.29 is 18.4 Å². The average Bonchev–Trinajstić information content (AvgIpc) is 3.68. The molecule has 1 N–H and O–H groups in total. The van der Waals surface area contributed by atoms with Gasteiger partial charge in [-0.05, 0) is 74.5 Å². The molecule has 8 heteroatoms. The number of nitrogens with zero attached hydrogens (tertiary/aromatic N) is 2. The molecule has 1 saturated carbocycles. The monoisotopic (exact) mass is 495 g/mol. The summed E-state index contributed by atoms with van der Waals surface area (Å²) in [6, 6.07) is 10.5. The molecule has 3 aromatic rings. The predicted molar refractivity (Wildman–Crippen MR) is 134 cm³/mol. The van der Waals surface area contributed by atoms with Crippen LogP contribution in [0.1, 0.15) is 77.9 Å². The third-order valence-corrected chi connectivity index (χ3v) is 7.87. The van der Waals surface area contributed by atoms with Crippen molar-refractivity contribution in [1.82, 2.24) is 15.1 Å². The van der Waals surface area contributed by atoms with Crippen molar-refractivity contribution in [2.75, 3.05) is 13.1 Å². The van der Waals surface area contributed by atoms with E-state index in [2.05, 4.69) is 10.2 Å².